The van der Waals surface area contributed by atoms with Crippen LogP contribution in [0.4, 0.5) is 0 Å². The summed E-state index contributed by atoms with van der Waals surface area (Å²) in [6.45, 7) is 0. The Kier molecular flexibility index (Phi) is 4.46. The van der Waals surface area contributed by atoms with Crippen LogP contribution in [-0.2, 0) is 23.8 Å². The Labute approximate surface area is 127 Å². The van der Waals surface area contributed by atoms with Gasteiger partial charge in [-0.25, -0.2) is 4.79 Å². The third kappa shape index (κ3) is 2.43. The number of Topliss-reactive ketones (excluding diaryl/α,β-unsaturated/α-hetero) is 1. The van der Waals surface area contributed by atoms with Crippen molar-refractivity contribution in [2.75, 3.05) is 21.3 Å². The van der Waals surface area contributed by atoms with Crippen LogP contribution in [0.25, 0.3) is 0 Å². The van der Waals surface area contributed by atoms with Crippen LogP contribution in [0.1, 0.15) is 16.8 Å². The second-order valence-corrected chi connectivity index (χ2v) is 4.69. The van der Waals surface area contributed by atoms with Gasteiger partial charge in [-0.15, -0.1) is 0 Å². The van der Waals surface area contributed by atoms with E-state index in [1.807, 2.05) is 0 Å². The van der Waals surface area contributed by atoms with E-state index in [1.165, 1.54) is 20.3 Å². The van der Waals surface area contributed by atoms with Crippen molar-refractivity contribution in [2.24, 2.45) is 0 Å². The number of ether oxygens (including phenoxy) is 4. The first-order valence-corrected chi connectivity index (χ1v) is 6.50. The molecule has 0 aliphatic carbocycles. The first-order chi connectivity index (χ1) is 10.5. The predicted octanol–water partition coefficient (Wildman–Crippen LogP) is 0.752. The molecule has 0 N–H and O–H groups in total. The fraction of sp³-hybridized carbons (Fsp3) is 0.400. The normalized spacial score (nSPS) is 23.2. The monoisotopic (exact) mass is 308 g/mol. The number of carbonyl (C=O) groups is 3. The van der Waals surface area contributed by atoms with Gasteiger partial charge in [0.2, 0.25) is 11.9 Å². The Bertz CT molecular complexity index is 610. The lowest BCUT2D eigenvalue weighted by atomic mass is 9.81. The van der Waals surface area contributed by atoms with Gasteiger partial charge in [-0.1, -0.05) is 12.1 Å². The molecule has 0 aromatic heterocycles. The molecule has 118 valence electrons. The summed E-state index contributed by atoms with van der Waals surface area (Å²) in [5.74, 6) is -1.81. The summed E-state index contributed by atoms with van der Waals surface area (Å²) in [6.07, 6.45) is -1.86. The van der Waals surface area contributed by atoms with E-state index in [9.17, 15) is 14.4 Å². The Morgan fingerprint density at radius 1 is 1.18 bits per heavy atom. The molecule has 0 bridgehead atoms. The van der Waals surface area contributed by atoms with E-state index in [0.29, 0.717) is 0 Å². The predicted molar refractivity (Wildman–Crippen MR) is 73.6 cm³/mol. The Morgan fingerprint density at radius 3 is 2.45 bits per heavy atom. The molecular weight excluding hydrogens is 292 g/mol. The molecule has 1 aromatic carbocycles. The minimum Gasteiger partial charge on any atom is -0.474 e. The van der Waals surface area contributed by atoms with Gasteiger partial charge in [0, 0.05) is 7.11 Å². The number of benzene rings is 1. The quantitative estimate of drug-likeness (QED) is 0.758. The maximum absolute atomic E-state index is 12.8. The maximum atomic E-state index is 12.8. The maximum Gasteiger partial charge on any atom is 0.350 e. The molecule has 2 atom stereocenters. The van der Waals surface area contributed by atoms with Crippen molar-refractivity contribution in [3.05, 3.63) is 29.8 Å². The number of carbonyl (C=O) groups excluding carboxylic acids is 3. The number of esters is 2. The van der Waals surface area contributed by atoms with Gasteiger partial charge in [-0.3, -0.25) is 9.59 Å². The van der Waals surface area contributed by atoms with Gasteiger partial charge in [0.15, 0.2) is 5.60 Å². The SMILES string of the molecule is COC(=O)CC1(OC)C(=O)c2ccccc2OC1C(=O)OC. The zero-order valence-electron chi connectivity index (χ0n) is 12.5. The number of hydrogen-bond acceptors (Lipinski definition) is 7. The van der Waals surface area contributed by atoms with E-state index in [2.05, 4.69) is 9.47 Å². The van der Waals surface area contributed by atoms with E-state index in [1.54, 1.807) is 18.2 Å². The standard InChI is InChI=1S/C15H16O7/c1-19-11(16)8-15(21-3)12(17)9-6-4-5-7-10(9)22-13(15)14(18)20-2/h4-7,13H,8H2,1-3H3. The molecule has 1 aromatic rings. The van der Waals surface area contributed by atoms with E-state index in [-0.39, 0.29) is 11.3 Å². The van der Waals surface area contributed by atoms with Crippen molar-refractivity contribution >= 4 is 17.7 Å². The van der Waals surface area contributed by atoms with Gasteiger partial charge in [0.1, 0.15) is 5.75 Å². The summed E-state index contributed by atoms with van der Waals surface area (Å²) in [5.41, 5.74) is -1.59. The molecule has 0 amide bonds. The molecule has 1 aliphatic heterocycles. The summed E-state index contributed by atoms with van der Waals surface area (Å²) in [5, 5.41) is 0. The number of ketones is 1. The van der Waals surface area contributed by atoms with Gasteiger partial charge < -0.3 is 18.9 Å². The third-order valence-electron chi connectivity index (χ3n) is 3.60. The average Bonchev–Trinajstić information content (AvgIpc) is 2.56. The van der Waals surface area contributed by atoms with Crippen molar-refractivity contribution in [2.45, 2.75) is 18.1 Å². The minimum atomic E-state index is -1.82. The number of methoxy groups -OCH3 is 3. The Morgan fingerprint density at radius 2 is 1.86 bits per heavy atom. The fourth-order valence-corrected chi connectivity index (χ4v) is 2.40. The van der Waals surface area contributed by atoms with Crippen LogP contribution in [0.15, 0.2) is 24.3 Å². The van der Waals surface area contributed by atoms with E-state index in [4.69, 9.17) is 9.47 Å². The van der Waals surface area contributed by atoms with Crippen molar-refractivity contribution in [3.8, 4) is 5.75 Å². The summed E-state index contributed by atoms with van der Waals surface area (Å²) in [6, 6.07) is 6.41. The second-order valence-electron chi connectivity index (χ2n) is 4.69. The summed E-state index contributed by atoms with van der Waals surface area (Å²) < 4.78 is 20.1. The van der Waals surface area contributed by atoms with Crippen LogP contribution in [0.2, 0.25) is 0 Å². The highest BCUT2D eigenvalue weighted by Crippen LogP contribution is 2.38. The van der Waals surface area contributed by atoms with Gasteiger partial charge in [-0.2, -0.15) is 0 Å². The van der Waals surface area contributed by atoms with E-state index < -0.39 is 35.8 Å². The van der Waals surface area contributed by atoms with Crippen LogP contribution in [0.5, 0.6) is 5.75 Å². The van der Waals surface area contributed by atoms with E-state index in [0.717, 1.165) is 7.11 Å². The molecule has 0 saturated carbocycles. The molecule has 2 unspecified atom stereocenters. The van der Waals surface area contributed by atoms with Crippen molar-refractivity contribution < 1.29 is 33.3 Å². The lowest BCUT2D eigenvalue weighted by Gasteiger charge is -2.39. The molecular formula is C15H16O7. The second kappa shape index (κ2) is 6.15. The number of rotatable bonds is 4. The molecule has 22 heavy (non-hydrogen) atoms. The van der Waals surface area contributed by atoms with Gasteiger partial charge in [0.05, 0.1) is 26.2 Å². The highest BCUT2D eigenvalue weighted by Gasteiger charge is 2.57. The molecule has 1 aliphatic rings. The molecule has 0 spiro atoms. The minimum absolute atomic E-state index is 0.230. The number of fused-ring (bicyclic) bond motifs is 1. The smallest absolute Gasteiger partial charge is 0.350 e. The molecule has 0 saturated heterocycles. The summed E-state index contributed by atoms with van der Waals surface area (Å²) >= 11 is 0. The third-order valence-corrected chi connectivity index (χ3v) is 3.60. The largest absolute Gasteiger partial charge is 0.474 e. The van der Waals surface area contributed by atoms with Gasteiger partial charge >= 0.3 is 11.9 Å². The lowest BCUT2D eigenvalue weighted by molar-refractivity contribution is -0.168. The average molecular weight is 308 g/mol. The lowest BCUT2D eigenvalue weighted by Crippen LogP contribution is -2.61. The van der Waals surface area contributed by atoms with Gasteiger partial charge in [0.25, 0.3) is 0 Å². The molecule has 7 heteroatoms. The Balaban J connectivity index is 2.57. The highest BCUT2D eigenvalue weighted by atomic mass is 16.6. The molecule has 7 nitrogen and oxygen atoms in total. The Hall–Kier alpha value is -2.41. The topological polar surface area (TPSA) is 88.1 Å². The van der Waals surface area contributed by atoms with Crippen LogP contribution >= 0.6 is 0 Å². The van der Waals surface area contributed by atoms with Crippen LogP contribution < -0.4 is 4.74 Å². The highest BCUT2D eigenvalue weighted by molar-refractivity contribution is 6.10. The van der Waals surface area contributed by atoms with Crippen LogP contribution in [0.3, 0.4) is 0 Å². The zero-order valence-corrected chi connectivity index (χ0v) is 12.5. The molecule has 0 radical (unpaired) electrons. The van der Waals surface area contributed by atoms with Gasteiger partial charge in [-0.05, 0) is 12.1 Å². The summed E-state index contributed by atoms with van der Waals surface area (Å²) in [4.78, 5) is 36.6. The van der Waals surface area contributed by atoms with Crippen LogP contribution in [0, 0.1) is 0 Å². The first kappa shape index (κ1) is 16.0. The zero-order chi connectivity index (χ0) is 16.3. The van der Waals surface area contributed by atoms with Crippen molar-refractivity contribution in [1.29, 1.82) is 0 Å². The molecule has 2 rings (SSSR count). The van der Waals surface area contributed by atoms with Crippen molar-refractivity contribution in [1.82, 2.24) is 0 Å². The number of hydrogen-bond donors (Lipinski definition) is 0. The molecule has 0 fully saturated rings. The van der Waals surface area contributed by atoms with E-state index >= 15 is 0 Å². The molecule has 1 heterocycles. The first-order valence-electron chi connectivity index (χ1n) is 6.50. The van der Waals surface area contributed by atoms with Crippen molar-refractivity contribution in [3.63, 3.8) is 0 Å². The number of para-hydroxylation sites is 1. The fourth-order valence-electron chi connectivity index (χ4n) is 2.40. The summed E-state index contributed by atoms with van der Waals surface area (Å²) in [7, 11) is 3.57. The van der Waals surface area contributed by atoms with Crippen LogP contribution in [-0.4, -0.2) is 50.8 Å².